The van der Waals surface area contributed by atoms with E-state index < -0.39 is 5.41 Å². The van der Waals surface area contributed by atoms with Gasteiger partial charge < -0.3 is 19.7 Å². The second kappa shape index (κ2) is 11.1. The van der Waals surface area contributed by atoms with E-state index in [4.69, 9.17) is 9.47 Å². The van der Waals surface area contributed by atoms with E-state index in [9.17, 15) is 10.2 Å². The summed E-state index contributed by atoms with van der Waals surface area (Å²) in [7, 11) is 1.57. The summed E-state index contributed by atoms with van der Waals surface area (Å²) in [6.07, 6.45) is 1.47. The van der Waals surface area contributed by atoms with Crippen LogP contribution in [-0.2, 0) is 11.2 Å². The van der Waals surface area contributed by atoms with E-state index in [1.165, 1.54) is 22.3 Å². The Morgan fingerprint density at radius 1 is 0.806 bits per heavy atom. The van der Waals surface area contributed by atoms with Gasteiger partial charge in [0.05, 0.1) is 26.4 Å². The molecule has 4 heteroatoms. The van der Waals surface area contributed by atoms with Crippen molar-refractivity contribution in [3.63, 3.8) is 0 Å². The molecule has 2 N–H and O–H groups in total. The van der Waals surface area contributed by atoms with Crippen LogP contribution in [0.1, 0.15) is 18.9 Å². The van der Waals surface area contributed by atoms with Gasteiger partial charge in [0, 0.05) is 12.5 Å². The maximum atomic E-state index is 9.61. The Kier molecular flexibility index (Phi) is 8.24. The molecule has 0 aliphatic rings. The van der Waals surface area contributed by atoms with Crippen molar-refractivity contribution in [2.45, 2.75) is 19.8 Å². The zero-order valence-corrected chi connectivity index (χ0v) is 18.4. The Morgan fingerprint density at radius 2 is 1.48 bits per heavy atom. The average Bonchev–Trinajstić information content (AvgIpc) is 2.84. The molecule has 0 aliphatic heterocycles. The smallest absolute Gasteiger partial charge is 0.119 e. The molecule has 0 aliphatic carbocycles. The molecule has 0 amide bonds. The fourth-order valence-electron chi connectivity index (χ4n) is 3.77. The average molecular weight is 421 g/mol. The summed E-state index contributed by atoms with van der Waals surface area (Å²) in [5.41, 5.74) is 5.48. The molecule has 0 spiro atoms. The molecule has 3 aromatic carbocycles. The predicted molar refractivity (Wildman–Crippen MR) is 125 cm³/mol. The number of ether oxygens (including phenoxy) is 2. The van der Waals surface area contributed by atoms with Crippen molar-refractivity contribution in [2.24, 2.45) is 5.41 Å². The Bertz CT molecular complexity index is 931. The van der Waals surface area contributed by atoms with Crippen LogP contribution in [-0.4, -0.2) is 43.8 Å². The number of methoxy groups -OCH3 is 1. The minimum absolute atomic E-state index is 0.140. The van der Waals surface area contributed by atoms with Crippen molar-refractivity contribution in [1.29, 1.82) is 0 Å². The third-order valence-electron chi connectivity index (χ3n) is 5.78. The first-order chi connectivity index (χ1) is 15.1. The van der Waals surface area contributed by atoms with Gasteiger partial charge >= 0.3 is 0 Å². The molecule has 0 radical (unpaired) electrons. The van der Waals surface area contributed by atoms with E-state index >= 15 is 0 Å². The van der Waals surface area contributed by atoms with Gasteiger partial charge in [-0.15, -0.1) is 0 Å². The zero-order valence-electron chi connectivity index (χ0n) is 18.4. The van der Waals surface area contributed by atoms with Gasteiger partial charge in [0.25, 0.3) is 0 Å². The maximum Gasteiger partial charge on any atom is 0.119 e. The van der Waals surface area contributed by atoms with Crippen LogP contribution in [0.2, 0.25) is 0 Å². The molecule has 0 unspecified atom stereocenters. The standard InChI is InChI=1S/C27H32O4/c1-3-21-17-24(22-7-5-4-6-8-22)11-14-26(21)23-9-12-25(13-10-23)31-16-15-27(18-28,19-29)20-30-2/h4-14,17,28-29H,3,15-16,18-20H2,1-2H3. The minimum atomic E-state index is -0.675. The van der Waals surface area contributed by atoms with E-state index in [0.29, 0.717) is 19.6 Å². The molecule has 0 heterocycles. The Morgan fingerprint density at radius 3 is 2.10 bits per heavy atom. The van der Waals surface area contributed by atoms with Crippen LogP contribution in [0.4, 0.5) is 0 Å². The SMILES string of the molecule is CCc1cc(-c2ccccc2)ccc1-c1ccc(OCCC(CO)(CO)COC)cc1. The van der Waals surface area contributed by atoms with Gasteiger partial charge in [0.15, 0.2) is 0 Å². The lowest BCUT2D eigenvalue weighted by molar-refractivity contribution is -0.0242. The maximum absolute atomic E-state index is 9.61. The van der Waals surface area contributed by atoms with Crippen LogP contribution in [0, 0.1) is 5.41 Å². The third-order valence-corrected chi connectivity index (χ3v) is 5.78. The number of hydrogen-bond acceptors (Lipinski definition) is 4. The van der Waals surface area contributed by atoms with Crippen LogP contribution < -0.4 is 4.74 Å². The molecule has 0 aromatic heterocycles. The van der Waals surface area contributed by atoms with E-state index in [1.54, 1.807) is 7.11 Å². The van der Waals surface area contributed by atoms with Crippen molar-refractivity contribution in [1.82, 2.24) is 0 Å². The predicted octanol–water partition coefficient (Wildman–Crippen LogP) is 4.97. The van der Waals surface area contributed by atoms with Crippen molar-refractivity contribution < 1.29 is 19.7 Å². The number of hydrogen-bond donors (Lipinski definition) is 2. The Labute approximate surface area is 185 Å². The van der Waals surface area contributed by atoms with Crippen LogP contribution in [0.15, 0.2) is 72.8 Å². The Hall–Kier alpha value is -2.66. The molecule has 0 saturated heterocycles. The van der Waals surface area contributed by atoms with Gasteiger partial charge in [-0.05, 0) is 52.8 Å². The van der Waals surface area contributed by atoms with Crippen LogP contribution in [0.25, 0.3) is 22.3 Å². The molecular weight excluding hydrogens is 388 g/mol. The lowest BCUT2D eigenvalue weighted by Gasteiger charge is -2.28. The normalized spacial score (nSPS) is 11.5. The van der Waals surface area contributed by atoms with Crippen LogP contribution in [0.3, 0.4) is 0 Å². The quantitative estimate of drug-likeness (QED) is 0.460. The molecule has 0 fully saturated rings. The highest BCUT2D eigenvalue weighted by Gasteiger charge is 2.28. The summed E-state index contributed by atoms with van der Waals surface area (Å²) in [6, 6.07) is 25.2. The molecule has 0 atom stereocenters. The van der Waals surface area contributed by atoms with Crippen molar-refractivity contribution in [3.05, 3.63) is 78.4 Å². The van der Waals surface area contributed by atoms with Gasteiger partial charge in [-0.25, -0.2) is 0 Å². The fraction of sp³-hybridized carbons (Fsp3) is 0.333. The largest absolute Gasteiger partial charge is 0.494 e. The summed E-state index contributed by atoms with van der Waals surface area (Å²) in [6.45, 7) is 2.59. The second-order valence-corrected chi connectivity index (χ2v) is 7.96. The highest BCUT2D eigenvalue weighted by molar-refractivity contribution is 5.74. The van der Waals surface area contributed by atoms with Crippen molar-refractivity contribution in [2.75, 3.05) is 33.5 Å². The number of benzene rings is 3. The Balaban J connectivity index is 1.70. The summed E-state index contributed by atoms with van der Waals surface area (Å²) >= 11 is 0. The number of rotatable bonds is 11. The van der Waals surface area contributed by atoms with Crippen molar-refractivity contribution in [3.8, 4) is 28.0 Å². The van der Waals surface area contributed by atoms with Crippen LogP contribution in [0.5, 0.6) is 5.75 Å². The number of aryl methyl sites for hydroxylation is 1. The lowest BCUT2D eigenvalue weighted by Crippen LogP contribution is -2.36. The molecular formula is C27H32O4. The third kappa shape index (κ3) is 5.73. The first kappa shape index (κ1) is 23.0. The van der Waals surface area contributed by atoms with E-state index in [0.717, 1.165) is 17.7 Å². The zero-order chi connectivity index (χ0) is 22.1. The molecule has 3 rings (SSSR count). The van der Waals surface area contributed by atoms with Gasteiger partial charge in [0.2, 0.25) is 0 Å². The summed E-state index contributed by atoms with van der Waals surface area (Å²) in [4.78, 5) is 0. The van der Waals surface area contributed by atoms with E-state index in [1.807, 2.05) is 18.2 Å². The highest BCUT2D eigenvalue weighted by Crippen LogP contribution is 2.31. The molecule has 31 heavy (non-hydrogen) atoms. The molecule has 164 valence electrons. The number of aliphatic hydroxyl groups excluding tert-OH is 2. The molecule has 0 bridgehead atoms. The monoisotopic (exact) mass is 420 g/mol. The first-order valence-corrected chi connectivity index (χ1v) is 10.8. The topological polar surface area (TPSA) is 58.9 Å². The first-order valence-electron chi connectivity index (χ1n) is 10.8. The van der Waals surface area contributed by atoms with Gasteiger partial charge in [0.1, 0.15) is 5.75 Å². The molecule has 4 nitrogen and oxygen atoms in total. The van der Waals surface area contributed by atoms with Gasteiger partial charge in [-0.1, -0.05) is 67.6 Å². The summed E-state index contributed by atoms with van der Waals surface area (Å²) < 4.78 is 11.0. The van der Waals surface area contributed by atoms with E-state index in [2.05, 4.69) is 61.5 Å². The summed E-state index contributed by atoms with van der Waals surface area (Å²) in [5, 5.41) is 19.2. The minimum Gasteiger partial charge on any atom is -0.494 e. The van der Waals surface area contributed by atoms with Crippen LogP contribution >= 0.6 is 0 Å². The van der Waals surface area contributed by atoms with Gasteiger partial charge in [-0.3, -0.25) is 0 Å². The second-order valence-electron chi connectivity index (χ2n) is 7.96. The highest BCUT2D eigenvalue weighted by atomic mass is 16.5. The fourth-order valence-corrected chi connectivity index (χ4v) is 3.77. The lowest BCUT2D eigenvalue weighted by atomic mass is 9.87. The molecule has 0 saturated carbocycles. The molecule has 3 aromatic rings. The van der Waals surface area contributed by atoms with Gasteiger partial charge in [-0.2, -0.15) is 0 Å². The van der Waals surface area contributed by atoms with Crippen molar-refractivity contribution >= 4 is 0 Å². The van der Waals surface area contributed by atoms with E-state index in [-0.39, 0.29) is 13.2 Å². The summed E-state index contributed by atoms with van der Waals surface area (Å²) in [5.74, 6) is 0.768. The number of aliphatic hydroxyl groups is 2.